The Morgan fingerprint density at radius 1 is 0.306 bits per heavy atom. The summed E-state index contributed by atoms with van der Waals surface area (Å²) in [5, 5.41) is 19.5. The fourth-order valence-corrected chi connectivity index (χ4v) is 11.9. The zero-order chi connectivity index (χ0) is 68.5. The second kappa shape index (κ2) is 39.7. The first-order valence-electron chi connectivity index (χ1n) is 35.3. The summed E-state index contributed by atoms with van der Waals surface area (Å²) in [6, 6.07) is 28.4. The van der Waals surface area contributed by atoms with Crippen molar-refractivity contribution in [3.63, 3.8) is 0 Å². The van der Waals surface area contributed by atoms with Crippen molar-refractivity contribution < 1.29 is 56.9 Å². The molecular formula is C82H106N8O8+4. The van der Waals surface area contributed by atoms with Crippen LogP contribution in [0.3, 0.4) is 0 Å². The van der Waals surface area contributed by atoms with Crippen LogP contribution in [0.25, 0.3) is 48.6 Å². The molecule has 9 rings (SSSR count). The van der Waals surface area contributed by atoms with Crippen LogP contribution in [0.4, 0.5) is 0 Å². The van der Waals surface area contributed by atoms with Crippen molar-refractivity contribution in [2.75, 3.05) is 40.6 Å². The third kappa shape index (κ3) is 24.0. The van der Waals surface area contributed by atoms with Crippen molar-refractivity contribution in [1.29, 1.82) is 0 Å². The average molecular weight is 1330 g/mol. The van der Waals surface area contributed by atoms with Crippen molar-refractivity contribution in [2.45, 2.75) is 142 Å². The first kappa shape index (κ1) is 72.9. The molecule has 98 heavy (non-hydrogen) atoms. The lowest BCUT2D eigenvalue weighted by Gasteiger charge is -2.16. The molecule has 0 bridgehead atoms. The second-order valence-corrected chi connectivity index (χ2v) is 25.6. The van der Waals surface area contributed by atoms with Gasteiger partial charge in [0, 0.05) is 33.4 Å². The van der Waals surface area contributed by atoms with E-state index in [1.807, 2.05) is 60.7 Å². The minimum Gasteiger partial charge on any atom is -0.496 e. The minimum atomic E-state index is -0.00483. The maximum Gasteiger partial charge on any atom is 0.243 e. The minimum absolute atomic E-state index is 0.00483. The number of aromatic nitrogens is 8. The van der Waals surface area contributed by atoms with Crippen LogP contribution in [0, 0.1) is 0 Å². The molecular weight excluding hydrogens is 1220 g/mol. The Bertz CT molecular complexity index is 3710. The summed E-state index contributed by atoms with van der Waals surface area (Å²) < 4.78 is 56.7. The predicted octanol–water partition coefficient (Wildman–Crippen LogP) is 14.4. The van der Waals surface area contributed by atoms with E-state index < -0.39 is 0 Å². The predicted molar refractivity (Wildman–Crippen MR) is 391 cm³/mol. The molecule has 0 saturated carbocycles. The standard InChI is InChI=1S/C82H106N8O8/c1-83-43-47-87(63-83)39-15-7-11-19-51-95-79-59-75(81(57-73(79)33-31-67-23-27-69(61-91)28-24-67)97-53-21-13-9-17-41-89-49-45-85(3)65-89)37-35-71-55-78(94-6)72(56-77(71)93-5)36-38-76-60-80(96-52-20-12-8-16-40-88-48-44-84(2)64-88)74(34-32-68-25-29-70(62-92)30-26-68)58-82(76)98-54-22-14-10-18-42-90-50-46-86(4)66-90/h23-38,43-50,55-60,63-66,91-92H,7-22,39-42,51-54,61-62H2,1-6H3/q+4/b33-31+,34-32+,37-35+,38-36+. The number of aliphatic hydroxyl groups is 2. The van der Waals surface area contributed by atoms with Crippen LogP contribution in [0.2, 0.25) is 0 Å². The highest BCUT2D eigenvalue weighted by molar-refractivity contribution is 5.84. The number of imidazole rings is 4. The normalized spacial score (nSPS) is 11.8. The van der Waals surface area contributed by atoms with Gasteiger partial charge < -0.3 is 38.6 Å². The zero-order valence-corrected chi connectivity index (χ0v) is 58.9. The van der Waals surface area contributed by atoms with Gasteiger partial charge in [-0.15, -0.1) is 0 Å². The molecule has 0 spiro atoms. The van der Waals surface area contributed by atoms with E-state index >= 15 is 0 Å². The molecule has 0 aliphatic heterocycles. The van der Waals surface area contributed by atoms with Gasteiger partial charge in [-0.2, -0.15) is 0 Å². The van der Waals surface area contributed by atoms with Crippen LogP contribution < -0.4 is 46.7 Å². The van der Waals surface area contributed by atoms with Gasteiger partial charge in [0.25, 0.3) is 0 Å². The molecule has 0 unspecified atom stereocenters. The van der Waals surface area contributed by atoms with Crippen molar-refractivity contribution >= 4 is 48.6 Å². The topological polar surface area (TPSA) is 131 Å². The number of benzene rings is 5. The highest BCUT2D eigenvalue weighted by atomic mass is 16.5. The first-order chi connectivity index (χ1) is 48.0. The van der Waals surface area contributed by atoms with Gasteiger partial charge in [-0.3, -0.25) is 0 Å². The van der Waals surface area contributed by atoms with Crippen LogP contribution >= 0.6 is 0 Å². The summed E-state index contributed by atoms with van der Waals surface area (Å²) in [6.07, 6.45) is 58.7. The molecule has 16 nitrogen and oxygen atoms in total. The molecule has 2 N–H and O–H groups in total. The zero-order valence-electron chi connectivity index (χ0n) is 58.9. The van der Waals surface area contributed by atoms with Crippen molar-refractivity contribution in [1.82, 2.24) is 18.3 Å². The third-order valence-electron chi connectivity index (χ3n) is 17.6. The Morgan fingerprint density at radius 2 is 0.541 bits per heavy atom. The number of nitrogens with zero attached hydrogens (tertiary/aromatic N) is 8. The number of aliphatic hydroxyl groups excluding tert-OH is 2. The summed E-state index contributed by atoms with van der Waals surface area (Å²) >= 11 is 0. The number of hydrogen-bond donors (Lipinski definition) is 2. The summed E-state index contributed by atoms with van der Waals surface area (Å²) in [5.41, 5.74) is 9.03. The Balaban J connectivity index is 0.981. The monoisotopic (exact) mass is 1330 g/mol. The van der Waals surface area contributed by atoms with Gasteiger partial charge in [0.05, 0.1) is 108 Å². The van der Waals surface area contributed by atoms with Gasteiger partial charge in [0.15, 0.2) is 0 Å². The largest absolute Gasteiger partial charge is 0.496 e. The molecule has 0 fully saturated rings. The molecule has 0 aliphatic carbocycles. The van der Waals surface area contributed by atoms with Crippen LogP contribution in [0.5, 0.6) is 34.5 Å². The van der Waals surface area contributed by atoms with E-state index in [9.17, 15) is 10.2 Å². The molecule has 0 atom stereocenters. The highest BCUT2D eigenvalue weighted by Gasteiger charge is 2.16. The van der Waals surface area contributed by atoms with E-state index in [2.05, 4.69) is 212 Å². The van der Waals surface area contributed by atoms with Gasteiger partial charge in [-0.25, -0.2) is 36.5 Å². The lowest BCUT2D eigenvalue weighted by atomic mass is 10.0. The Labute approximate surface area is 581 Å². The number of methoxy groups -OCH3 is 2. The van der Waals surface area contributed by atoms with Crippen molar-refractivity contribution in [2.24, 2.45) is 28.2 Å². The van der Waals surface area contributed by atoms with E-state index in [1.165, 1.54) is 0 Å². The fraction of sp³-hybridized carbons (Fsp3) is 0.390. The first-order valence-corrected chi connectivity index (χ1v) is 35.3. The van der Waals surface area contributed by atoms with E-state index in [1.54, 1.807) is 14.2 Å². The molecule has 9 aromatic rings. The van der Waals surface area contributed by atoms with E-state index in [0.717, 1.165) is 208 Å². The molecule has 518 valence electrons. The van der Waals surface area contributed by atoms with Crippen molar-refractivity contribution in [3.8, 4) is 34.5 Å². The lowest BCUT2D eigenvalue weighted by molar-refractivity contribution is -0.697. The van der Waals surface area contributed by atoms with E-state index in [4.69, 9.17) is 28.4 Å². The quantitative estimate of drug-likeness (QED) is 0.0219. The smallest absolute Gasteiger partial charge is 0.243 e. The van der Waals surface area contributed by atoms with Gasteiger partial charge in [-0.05, 0) is 161 Å². The van der Waals surface area contributed by atoms with Crippen LogP contribution in [-0.4, -0.2) is 69.1 Å². The summed E-state index contributed by atoms with van der Waals surface area (Å²) in [5.74, 6) is 4.40. The Hall–Kier alpha value is -9.38. The number of rotatable bonds is 44. The van der Waals surface area contributed by atoms with Gasteiger partial charge in [-0.1, -0.05) is 97.1 Å². The molecule has 0 aliphatic rings. The van der Waals surface area contributed by atoms with E-state index in [0.29, 0.717) is 37.9 Å². The molecule has 0 amide bonds. The number of hydrogen-bond acceptors (Lipinski definition) is 8. The maximum atomic E-state index is 9.76. The number of aryl methyl sites for hydroxylation is 8. The Kier molecular flexibility index (Phi) is 29.6. The number of unbranched alkanes of at least 4 members (excludes halogenated alkanes) is 12. The van der Waals surface area contributed by atoms with Crippen LogP contribution in [0.1, 0.15) is 158 Å². The molecule has 4 heterocycles. The molecule has 16 heteroatoms. The molecule has 5 aromatic carbocycles. The second-order valence-electron chi connectivity index (χ2n) is 25.6. The van der Waals surface area contributed by atoms with Gasteiger partial charge >= 0.3 is 0 Å². The summed E-state index contributed by atoms with van der Waals surface area (Å²) in [4.78, 5) is 0. The van der Waals surface area contributed by atoms with Crippen LogP contribution in [-0.2, 0) is 67.6 Å². The SMILES string of the molecule is COc1cc(/C=C/c2cc(OCCCCCC[n+]3ccn(C)c3)c(/C=C/c3ccc(CO)cc3)cc2OCCCCCC[n+]2ccn(C)c2)c(OC)cc1/C=C/c1cc(OCCCCCC[n+]2ccn(C)c2)c(/C=C/c2ccc(CO)cc2)cc1OCCCCCC[n+]1ccn(C)c1. The van der Waals surface area contributed by atoms with E-state index in [-0.39, 0.29) is 13.2 Å². The Morgan fingerprint density at radius 3 is 0.776 bits per heavy atom. The lowest BCUT2D eigenvalue weighted by Crippen LogP contribution is -2.30. The van der Waals surface area contributed by atoms with Crippen molar-refractivity contribution in [3.05, 3.63) is 215 Å². The van der Waals surface area contributed by atoms with Gasteiger partial charge in [0.1, 0.15) is 84.1 Å². The summed E-state index contributed by atoms with van der Waals surface area (Å²) in [6.45, 7) is 6.24. The average Bonchev–Trinajstić information content (AvgIpc) is 0.973. The summed E-state index contributed by atoms with van der Waals surface area (Å²) in [7, 11) is 11.6. The van der Waals surface area contributed by atoms with Gasteiger partial charge in [0.2, 0.25) is 25.3 Å². The third-order valence-corrected chi connectivity index (χ3v) is 17.6. The molecule has 0 radical (unpaired) electrons. The number of ether oxygens (including phenoxy) is 6. The fourth-order valence-electron chi connectivity index (χ4n) is 11.9. The van der Waals surface area contributed by atoms with Crippen LogP contribution in [0.15, 0.2) is 160 Å². The molecule has 4 aromatic heterocycles. The maximum absolute atomic E-state index is 9.76. The molecule has 0 saturated heterocycles. The highest BCUT2D eigenvalue weighted by Crippen LogP contribution is 2.38.